The van der Waals surface area contributed by atoms with Crippen molar-refractivity contribution >= 4 is 33.2 Å². The molecule has 1 aliphatic rings. The summed E-state index contributed by atoms with van der Waals surface area (Å²) in [6.45, 7) is 4.32. The third-order valence-corrected chi connectivity index (χ3v) is 9.16. The SMILES string of the molecule is Cc1cccc(Cl)c1S(=O)(=O)NC(CCn1cccc1C#N)C(=O)N(C)Cc1cccc(N2CCCCC2)c1. The predicted octanol–water partition coefficient (Wildman–Crippen LogP) is 4.71. The molecule has 10 heteroatoms. The smallest absolute Gasteiger partial charge is 0.243 e. The van der Waals surface area contributed by atoms with Crippen molar-refractivity contribution in [2.75, 3.05) is 25.0 Å². The molecule has 0 radical (unpaired) electrons. The van der Waals surface area contributed by atoms with Gasteiger partial charge in [-0.3, -0.25) is 4.79 Å². The van der Waals surface area contributed by atoms with Gasteiger partial charge in [-0.05, 0) is 74.1 Å². The fourth-order valence-electron chi connectivity index (χ4n) is 5.04. The molecular weight excluding hydrogens is 534 g/mol. The van der Waals surface area contributed by atoms with Crippen LogP contribution in [0.3, 0.4) is 0 Å². The molecule has 1 saturated heterocycles. The van der Waals surface area contributed by atoms with E-state index in [2.05, 4.69) is 27.8 Å². The highest BCUT2D eigenvalue weighted by molar-refractivity contribution is 7.89. The van der Waals surface area contributed by atoms with E-state index in [0.717, 1.165) is 24.3 Å². The number of rotatable bonds is 10. The molecule has 1 N–H and O–H groups in total. The molecule has 3 aromatic rings. The van der Waals surface area contributed by atoms with Crippen molar-refractivity contribution in [1.29, 1.82) is 5.26 Å². The van der Waals surface area contributed by atoms with E-state index in [1.807, 2.05) is 12.1 Å². The lowest BCUT2D eigenvalue weighted by atomic mass is 10.1. The second kappa shape index (κ2) is 12.7. The van der Waals surface area contributed by atoms with Crippen LogP contribution in [-0.2, 0) is 27.9 Å². The molecule has 2 heterocycles. The third-order valence-electron chi connectivity index (χ3n) is 7.06. The zero-order valence-corrected chi connectivity index (χ0v) is 23.9. The molecule has 8 nitrogen and oxygen atoms in total. The number of carbonyl (C=O) groups is 1. The van der Waals surface area contributed by atoms with Crippen molar-refractivity contribution in [2.24, 2.45) is 0 Å². The van der Waals surface area contributed by atoms with Gasteiger partial charge in [-0.1, -0.05) is 35.9 Å². The Morgan fingerprint density at radius 2 is 1.87 bits per heavy atom. The van der Waals surface area contributed by atoms with Crippen LogP contribution in [0.25, 0.3) is 0 Å². The van der Waals surface area contributed by atoms with E-state index in [1.165, 1.54) is 25.3 Å². The van der Waals surface area contributed by atoms with Gasteiger partial charge in [0.15, 0.2) is 0 Å². The first-order valence-electron chi connectivity index (χ1n) is 13.1. The number of hydrogen-bond donors (Lipinski definition) is 1. The number of amides is 1. The second-order valence-corrected chi connectivity index (χ2v) is 12.0. The van der Waals surface area contributed by atoms with E-state index < -0.39 is 16.1 Å². The van der Waals surface area contributed by atoms with Crippen LogP contribution < -0.4 is 9.62 Å². The fourth-order valence-corrected chi connectivity index (χ4v) is 7.09. The summed E-state index contributed by atoms with van der Waals surface area (Å²) in [5, 5.41) is 9.46. The Kier molecular flexibility index (Phi) is 9.33. The highest BCUT2D eigenvalue weighted by Gasteiger charge is 2.30. The fraction of sp³-hybridized carbons (Fsp3) is 0.379. The van der Waals surface area contributed by atoms with Crippen molar-refractivity contribution in [3.8, 4) is 6.07 Å². The number of likely N-dealkylation sites (N-methyl/N-ethyl adjacent to an activating group) is 1. The lowest BCUT2D eigenvalue weighted by molar-refractivity contribution is -0.132. The molecule has 0 saturated carbocycles. The summed E-state index contributed by atoms with van der Waals surface area (Å²) in [6.07, 6.45) is 5.48. The summed E-state index contributed by atoms with van der Waals surface area (Å²) in [5.74, 6) is -0.364. The minimum absolute atomic E-state index is 0.0416. The lowest BCUT2D eigenvalue weighted by Crippen LogP contribution is -2.47. The van der Waals surface area contributed by atoms with Gasteiger partial charge in [-0.15, -0.1) is 0 Å². The number of sulfonamides is 1. The molecular formula is C29H34ClN5O3S. The van der Waals surface area contributed by atoms with Crippen LogP contribution in [-0.4, -0.2) is 50.0 Å². The molecule has 1 atom stereocenters. The Morgan fingerprint density at radius 3 is 2.59 bits per heavy atom. The summed E-state index contributed by atoms with van der Waals surface area (Å²) in [6, 6.07) is 17.5. The standard InChI is InChI=1S/C29H34ClN5O3S/c1-22-9-6-13-26(30)28(22)39(37,38)32-27(14-18-35-17-8-12-25(35)20-31)29(36)33(2)21-23-10-7-11-24(19-23)34-15-4-3-5-16-34/h6-13,17,19,27,32H,3-5,14-16,18,21H2,1-2H3. The number of carbonyl (C=O) groups excluding carboxylic acids is 1. The summed E-state index contributed by atoms with van der Waals surface area (Å²) in [5.41, 5.74) is 3.03. The van der Waals surface area contributed by atoms with Crippen molar-refractivity contribution < 1.29 is 13.2 Å². The van der Waals surface area contributed by atoms with Crippen LogP contribution in [0.15, 0.2) is 65.7 Å². The van der Waals surface area contributed by atoms with Crippen molar-refractivity contribution in [1.82, 2.24) is 14.2 Å². The average Bonchev–Trinajstić information content (AvgIpc) is 3.38. The van der Waals surface area contributed by atoms with Gasteiger partial charge in [0.25, 0.3) is 0 Å². The third kappa shape index (κ3) is 7.01. The number of nitriles is 1. The zero-order valence-electron chi connectivity index (χ0n) is 22.3. The van der Waals surface area contributed by atoms with Crippen molar-refractivity contribution in [2.45, 2.75) is 56.6 Å². The molecule has 0 bridgehead atoms. The predicted molar refractivity (Wildman–Crippen MR) is 153 cm³/mol. The molecule has 1 aliphatic heterocycles. The summed E-state index contributed by atoms with van der Waals surface area (Å²) < 4.78 is 31.2. The quantitative estimate of drug-likeness (QED) is 0.383. The van der Waals surface area contributed by atoms with Crippen LogP contribution in [0, 0.1) is 18.3 Å². The van der Waals surface area contributed by atoms with Gasteiger partial charge >= 0.3 is 0 Å². The van der Waals surface area contributed by atoms with E-state index in [1.54, 1.807) is 53.9 Å². The Hall–Kier alpha value is -3.32. The number of hydrogen-bond acceptors (Lipinski definition) is 5. The van der Waals surface area contributed by atoms with E-state index in [4.69, 9.17) is 11.6 Å². The molecule has 1 amide bonds. The number of nitrogens with one attached hydrogen (secondary N) is 1. The minimum atomic E-state index is -4.11. The molecule has 1 unspecified atom stereocenters. The first kappa shape index (κ1) is 28.7. The van der Waals surface area contributed by atoms with Gasteiger partial charge in [0, 0.05) is 45.1 Å². The number of nitrogens with zero attached hydrogens (tertiary/aromatic N) is 4. The Balaban J connectivity index is 1.55. The minimum Gasteiger partial charge on any atom is -0.372 e. The Labute approximate surface area is 235 Å². The van der Waals surface area contributed by atoms with Gasteiger partial charge in [0.2, 0.25) is 15.9 Å². The largest absolute Gasteiger partial charge is 0.372 e. The van der Waals surface area contributed by atoms with E-state index >= 15 is 0 Å². The van der Waals surface area contributed by atoms with Crippen molar-refractivity contribution in [3.05, 3.63) is 82.6 Å². The molecule has 0 spiro atoms. The maximum absolute atomic E-state index is 13.7. The first-order valence-corrected chi connectivity index (χ1v) is 15.0. The number of halogens is 1. The summed E-state index contributed by atoms with van der Waals surface area (Å²) in [7, 11) is -2.44. The normalized spacial score (nSPS) is 14.6. The highest BCUT2D eigenvalue weighted by atomic mass is 35.5. The Bertz CT molecular complexity index is 1440. The number of benzene rings is 2. The van der Waals surface area contributed by atoms with Gasteiger partial charge < -0.3 is 14.4 Å². The van der Waals surface area contributed by atoms with Crippen LogP contribution in [0.5, 0.6) is 0 Å². The zero-order chi connectivity index (χ0) is 28.0. The average molecular weight is 568 g/mol. The van der Waals surface area contributed by atoms with Crippen LogP contribution in [0.4, 0.5) is 5.69 Å². The molecule has 1 fully saturated rings. The van der Waals surface area contributed by atoms with Gasteiger partial charge in [-0.2, -0.15) is 9.98 Å². The van der Waals surface area contributed by atoms with Crippen LogP contribution >= 0.6 is 11.6 Å². The molecule has 1 aromatic heterocycles. The van der Waals surface area contributed by atoms with Gasteiger partial charge in [0.1, 0.15) is 22.7 Å². The van der Waals surface area contributed by atoms with Gasteiger partial charge in [0.05, 0.1) is 5.02 Å². The second-order valence-electron chi connectivity index (χ2n) is 9.96. The highest BCUT2D eigenvalue weighted by Crippen LogP contribution is 2.26. The summed E-state index contributed by atoms with van der Waals surface area (Å²) >= 11 is 6.26. The Morgan fingerprint density at radius 1 is 1.13 bits per heavy atom. The van der Waals surface area contributed by atoms with E-state index in [9.17, 15) is 18.5 Å². The van der Waals surface area contributed by atoms with Crippen LogP contribution in [0.1, 0.15) is 42.5 Å². The molecule has 2 aromatic carbocycles. The number of aryl methyl sites for hydroxylation is 2. The maximum atomic E-state index is 13.7. The monoisotopic (exact) mass is 567 g/mol. The molecule has 4 rings (SSSR count). The molecule has 206 valence electrons. The lowest BCUT2D eigenvalue weighted by Gasteiger charge is -2.29. The van der Waals surface area contributed by atoms with Crippen LogP contribution in [0.2, 0.25) is 5.02 Å². The van der Waals surface area contributed by atoms with Gasteiger partial charge in [-0.25, -0.2) is 8.42 Å². The van der Waals surface area contributed by atoms with Crippen molar-refractivity contribution in [3.63, 3.8) is 0 Å². The van der Waals surface area contributed by atoms with E-state index in [-0.39, 0.29) is 28.8 Å². The number of anilines is 1. The van der Waals surface area contributed by atoms with E-state index in [0.29, 0.717) is 17.8 Å². The maximum Gasteiger partial charge on any atom is 0.243 e. The molecule has 39 heavy (non-hydrogen) atoms. The molecule has 0 aliphatic carbocycles. The number of aromatic nitrogens is 1. The topological polar surface area (TPSA) is 98.4 Å². The first-order chi connectivity index (χ1) is 18.7. The summed E-state index contributed by atoms with van der Waals surface area (Å²) in [4.78, 5) is 17.6. The number of piperidine rings is 1.